The van der Waals surface area contributed by atoms with Gasteiger partial charge < -0.3 is 4.98 Å². The molecular weight excluding hydrogens is 273 g/mol. The number of rotatable bonds is 1. The third-order valence-corrected chi connectivity index (χ3v) is 3.64. The summed E-state index contributed by atoms with van der Waals surface area (Å²) in [7, 11) is 0. The highest BCUT2D eigenvalue weighted by Crippen LogP contribution is 2.23. The van der Waals surface area contributed by atoms with Crippen molar-refractivity contribution in [2.75, 3.05) is 6.26 Å². The van der Waals surface area contributed by atoms with Crippen molar-refractivity contribution in [1.29, 1.82) is 0 Å². The van der Waals surface area contributed by atoms with E-state index < -0.39 is 0 Å². The van der Waals surface area contributed by atoms with Gasteiger partial charge in [-0.05, 0) is 18.4 Å². The van der Waals surface area contributed by atoms with Crippen LogP contribution in [0.1, 0.15) is 11.1 Å². The van der Waals surface area contributed by atoms with Crippen molar-refractivity contribution in [2.24, 2.45) is 0 Å². The zero-order valence-electron chi connectivity index (χ0n) is 10.6. The molecule has 0 spiro atoms. The molecule has 2 heterocycles. The lowest BCUT2D eigenvalue weighted by Gasteiger charge is -2.01. The molecule has 0 atom stereocenters. The lowest BCUT2D eigenvalue weighted by atomic mass is 10.1. The van der Waals surface area contributed by atoms with Gasteiger partial charge >= 0.3 is 0 Å². The number of hydrogen-bond acceptors (Lipinski definition) is 3. The second-order valence-corrected chi connectivity index (χ2v) is 4.90. The van der Waals surface area contributed by atoms with Crippen LogP contribution in [0.2, 0.25) is 0 Å². The predicted octanol–water partition coefficient (Wildman–Crippen LogP) is 3.17. The van der Waals surface area contributed by atoms with E-state index >= 15 is 0 Å². The molecule has 0 radical (unpaired) electrons. The minimum Gasteiger partial charge on any atom is -0.331 e. The van der Waals surface area contributed by atoms with Gasteiger partial charge in [0, 0.05) is 17.3 Å². The summed E-state index contributed by atoms with van der Waals surface area (Å²) in [6.07, 6.45) is 6.82. The average molecular weight is 283 g/mol. The van der Waals surface area contributed by atoms with Crippen LogP contribution in [0.4, 0.5) is 4.39 Å². The molecule has 0 unspecified atom stereocenters. The molecule has 20 heavy (non-hydrogen) atoms. The number of aromatic nitrogens is 3. The highest BCUT2D eigenvalue weighted by atomic mass is 32.2. The van der Waals surface area contributed by atoms with Crippen molar-refractivity contribution < 1.29 is 4.39 Å². The van der Waals surface area contributed by atoms with Gasteiger partial charge in [-0.1, -0.05) is 17.9 Å². The fraction of sp³-hybridized carbons (Fsp3) is 0.0667. The van der Waals surface area contributed by atoms with Crippen LogP contribution in [0.5, 0.6) is 0 Å². The van der Waals surface area contributed by atoms with Crippen LogP contribution < -0.4 is 0 Å². The van der Waals surface area contributed by atoms with Crippen LogP contribution >= 0.6 is 11.8 Å². The third-order valence-electron chi connectivity index (χ3n) is 2.86. The summed E-state index contributed by atoms with van der Waals surface area (Å²) in [5.74, 6) is 6.29. The number of H-pyrrole nitrogens is 1. The lowest BCUT2D eigenvalue weighted by Crippen LogP contribution is -1.88. The Morgan fingerprint density at radius 2 is 2.15 bits per heavy atom. The summed E-state index contributed by atoms with van der Waals surface area (Å²) in [4.78, 5) is 12.0. The van der Waals surface area contributed by atoms with Gasteiger partial charge in [0.2, 0.25) is 0 Å². The van der Waals surface area contributed by atoms with E-state index in [1.807, 2.05) is 12.3 Å². The summed E-state index contributed by atoms with van der Waals surface area (Å²) in [5, 5.41) is 0. The quantitative estimate of drug-likeness (QED) is 0.551. The van der Waals surface area contributed by atoms with Crippen molar-refractivity contribution >= 4 is 11.8 Å². The Labute approximate surface area is 120 Å². The number of fused-ring (bicyclic) bond motifs is 1. The van der Waals surface area contributed by atoms with Crippen molar-refractivity contribution in [3.8, 4) is 23.2 Å². The number of thioether (sulfide) groups is 1. The lowest BCUT2D eigenvalue weighted by molar-refractivity contribution is 0.620. The monoisotopic (exact) mass is 283 g/mol. The van der Waals surface area contributed by atoms with Gasteiger partial charge in [0.1, 0.15) is 11.6 Å². The molecule has 5 heteroatoms. The minimum absolute atomic E-state index is 0.308. The number of aromatic amines is 1. The maximum absolute atomic E-state index is 13.8. The Morgan fingerprint density at radius 3 is 3.00 bits per heavy atom. The van der Waals surface area contributed by atoms with E-state index in [1.54, 1.807) is 24.8 Å². The molecule has 1 aromatic rings. The number of nitrogens with one attached hydrogen (secondary N) is 1. The first-order chi connectivity index (χ1) is 9.79. The van der Waals surface area contributed by atoms with Crippen LogP contribution in [-0.4, -0.2) is 21.2 Å². The fourth-order valence-electron chi connectivity index (χ4n) is 1.88. The van der Waals surface area contributed by atoms with Gasteiger partial charge in [0.25, 0.3) is 0 Å². The molecule has 2 aliphatic rings. The average Bonchev–Trinajstić information content (AvgIpc) is 2.89. The normalized spacial score (nSPS) is 10.3. The Morgan fingerprint density at radius 1 is 1.25 bits per heavy atom. The van der Waals surface area contributed by atoms with Gasteiger partial charge in [-0.2, -0.15) is 0 Å². The summed E-state index contributed by atoms with van der Waals surface area (Å²) in [6.45, 7) is 0. The van der Waals surface area contributed by atoms with Crippen LogP contribution in [-0.2, 0) is 0 Å². The largest absolute Gasteiger partial charge is 0.331 e. The molecule has 0 saturated carbocycles. The van der Waals surface area contributed by atoms with Crippen molar-refractivity contribution in [1.82, 2.24) is 15.0 Å². The number of benzene rings is 1. The highest BCUT2D eigenvalue weighted by molar-refractivity contribution is 7.98. The number of hydrogen-bond donors (Lipinski definition) is 1. The summed E-state index contributed by atoms with van der Waals surface area (Å²) >= 11 is 1.47. The topological polar surface area (TPSA) is 41.6 Å². The second-order valence-electron chi connectivity index (χ2n) is 4.05. The van der Waals surface area contributed by atoms with E-state index in [1.165, 1.54) is 17.8 Å². The zero-order valence-corrected chi connectivity index (χ0v) is 11.5. The molecule has 1 aromatic carbocycles. The Hall–Kier alpha value is -2.32. The van der Waals surface area contributed by atoms with E-state index in [2.05, 4.69) is 26.8 Å². The maximum atomic E-state index is 13.8. The van der Waals surface area contributed by atoms with E-state index in [9.17, 15) is 4.39 Å². The van der Waals surface area contributed by atoms with Crippen LogP contribution in [0, 0.1) is 17.7 Å². The summed E-state index contributed by atoms with van der Waals surface area (Å²) < 4.78 is 13.8. The molecule has 0 amide bonds. The Kier molecular flexibility index (Phi) is 3.40. The van der Waals surface area contributed by atoms with Crippen LogP contribution in [0.3, 0.4) is 0 Å². The molecule has 3 nitrogen and oxygen atoms in total. The van der Waals surface area contributed by atoms with E-state index in [4.69, 9.17) is 0 Å². The summed E-state index contributed by atoms with van der Waals surface area (Å²) in [5.41, 5.74) is 1.99. The zero-order chi connectivity index (χ0) is 13.9. The summed E-state index contributed by atoms with van der Waals surface area (Å²) in [6, 6.07) is 4.96. The molecule has 0 bridgehead atoms. The fourth-order valence-corrected chi connectivity index (χ4v) is 2.44. The van der Waals surface area contributed by atoms with Crippen molar-refractivity contribution in [2.45, 2.75) is 4.90 Å². The Balaban J connectivity index is 2.05. The van der Waals surface area contributed by atoms with E-state index in [-0.39, 0.29) is 5.82 Å². The molecular formula is C15H10FN3S. The predicted molar refractivity (Wildman–Crippen MR) is 77.2 cm³/mol. The molecule has 0 aromatic heterocycles. The second kappa shape index (κ2) is 5.35. The number of nitrogens with zero attached hydrogens (tertiary/aromatic N) is 2. The maximum Gasteiger partial charge on any atom is 0.141 e. The Bertz CT molecular complexity index is 785. The molecule has 1 N–H and O–H groups in total. The number of halogens is 1. The molecule has 3 rings (SSSR count). The first kappa shape index (κ1) is 12.7. The first-order valence-corrected chi connectivity index (χ1v) is 7.13. The van der Waals surface area contributed by atoms with Gasteiger partial charge in [-0.25, -0.2) is 14.4 Å². The molecule has 0 aliphatic carbocycles. The van der Waals surface area contributed by atoms with Gasteiger partial charge in [0.15, 0.2) is 0 Å². The van der Waals surface area contributed by atoms with E-state index in [0.717, 1.165) is 21.8 Å². The SMILES string of the molecule is CSc1cccc(F)c1C#Cc1cnc2[nH]cncc1-2. The van der Waals surface area contributed by atoms with Crippen molar-refractivity contribution in [3.05, 3.63) is 53.9 Å². The molecule has 0 fully saturated rings. The van der Waals surface area contributed by atoms with Gasteiger partial charge in [-0.15, -0.1) is 11.8 Å². The van der Waals surface area contributed by atoms with Crippen molar-refractivity contribution in [3.63, 3.8) is 0 Å². The first-order valence-electron chi connectivity index (χ1n) is 5.91. The smallest absolute Gasteiger partial charge is 0.141 e. The molecule has 0 saturated heterocycles. The van der Waals surface area contributed by atoms with Gasteiger partial charge in [-0.3, -0.25) is 0 Å². The standard InChI is InChI=1S/C15H10FN3S/c1-20-14-4-2-3-13(16)11(14)6-5-10-7-18-15-12(10)8-17-9-19-15/h2-4,7-9H,1H3,(H,17,18,19). The van der Waals surface area contributed by atoms with E-state index in [0.29, 0.717) is 5.56 Å². The highest BCUT2D eigenvalue weighted by Gasteiger charge is 2.10. The van der Waals surface area contributed by atoms with Crippen LogP contribution in [0.25, 0.3) is 11.4 Å². The van der Waals surface area contributed by atoms with Gasteiger partial charge in [0.05, 0.1) is 23.0 Å². The molecule has 2 aliphatic heterocycles. The minimum atomic E-state index is -0.308. The third kappa shape index (κ3) is 2.26. The molecule has 98 valence electrons. The van der Waals surface area contributed by atoms with Crippen LogP contribution in [0.15, 0.2) is 41.8 Å².